The van der Waals surface area contributed by atoms with Gasteiger partial charge < -0.3 is 0 Å². The third kappa shape index (κ3) is 5.76. The SMILES string of the molecule is CC.CC(C)C1=C(C(C)C)C(C(C)C)=C(C(C)C)CN(C(C)C)C1. The lowest BCUT2D eigenvalue weighted by Gasteiger charge is -2.29. The Kier molecular flexibility index (Phi) is 10.2. The minimum Gasteiger partial charge on any atom is -0.293 e. The zero-order valence-electron chi connectivity index (χ0n) is 18.7. The van der Waals surface area contributed by atoms with E-state index in [0.29, 0.717) is 29.7 Å². The quantitative estimate of drug-likeness (QED) is 0.525. The molecule has 0 bridgehead atoms. The second-order valence-corrected chi connectivity index (χ2v) is 8.50. The van der Waals surface area contributed by atoms with Gasteiger partial charge in [0.05, 0.1) is 0 Å². The van der Waals surface area contributed by atoms with Gasteiger partial charge in [0.2, 0.25) is 0 Å². The Balaban J connectivity index is 0.00000254. The fourth-order valence-electron chi connectivity index (χ4n) is 3.73. The molecule has 0 amide bonds. The summed E-state index contributed by atoms with van der Waals surface area (Å²) in [6.45, 7) is 29.9. The Morgan fingerprint density at radius 1 is 0.542 bits per heavy atom. The van der Waals surface area contributed by atoms with Crippen molar-refractivity contribution in [1.82, 2.24) is 4.90 Å². The summed E-state index contributed by atoms with van der Waals surface area (Å²) in [7, 11) is 0. The Hall–Kier alpha value is -0.560. The fraction of sp³-hybridized carbons (Fsp3) is 0.826. The molecule has 0 radical (unpaired) electrons. The highest BCUT2D eigenvalue weighted by atomic mass is 15.1. The van der Waals surface area contributed by atoms with Crippen LogP contribution in [0, 0.1) is 23.7 Å². The number of rotatable bonds is 5. The van der Waals surface area contributed by atoms with Gasteiger partial charge in [0.25, 0.3) is 0 Å². The zero-order valence-corrected chi connectivity index (χ0v) is 18.7. The molecule has 1 aliphatic rings. The fourth-order valence-corrected chi connectivity index (χ4v) is 3.73. The van der Waals surface area contributed by atoms with Crippen molar-refractivity contribution in [3.63, 3.8) is 0 Å². The van der Waals surface area contributed by atoms with Gasteiger partial charge in [-0.25, -0.2) is 0 Å². The van der Waals surface area contributed by atoms with Crippen LogP contribution in [-0.4, -0.2) is 24.0 Å². The molecule has 0 aromatic rings. The minimum atomic E-state index is 0.599. The van der Waals surface area contributed by atoms with Crippen LogP contribution in [0.15, 0.2) is 22.3 Å². The first kappa shape index (κ1) is 23.4. The Morgan fingerprint density at radius 2 is 0.833 bits per heavy atom. The van der Waals surface area contributed by atoms with Gasteiger partial charge >= 0.3 is 0 Å². The third-order valence-electron chi connectivity index (χ3n) is 5.01. The van der Waals surface area contributed by atoms with Gasteiger partial charge in [0.1, 0.15) is 0 Å². The number of hydrogen-bond donors (Lipinski definition) is 0. The van der Waals surface area contributed by atoms with Crippen LogP contribution in [0.5, 0.6) is 0 Å². The van der Waals surface area contributed by atoms with Gasteiger partial charge in [0.15, 0.2) is 0 Å². The summed E-state index contributed by atoms with van der Waals surface area (Å²) < 4.78 is 0. The van der Waals surface area contributed by atoms with Crippen molar-refractivity contribution in [2.45, 2.75) is 89.1 Å². The average molecular weight is 336 g/mol. The van der Waals surface area contributed by atoms with E-state index in [1.54, 1.807) is 22.3 Å². The summed E-state index contributed by atoms with van der Waals surface area (Å²) in [6.07, 6.45) is 0. The van der Waals surface area contributed by atoms with Crippen LogP contribution in [0.1, 0.15) is 83.1 Å². The molecule has 0 aliphatic carbocycles. The van der Waals surface area contributed by atoms with Crippen molar-refractivity contribution >= 4 is 0 Å². The zero-order chi connectivity index (χ0) is 19.2. The van der Waals surface area contributed by atoms with E-state index in [1.165, 1.54) is 0 Å². The first-order valence-corrected chi connectivity index (χ1v) is 10.3. The molecule has 1 aliphatic heterocycles. The van der Waals surface area contributed by atoms with Crippen LogP contribution in [0.3, 0.4) is 0 Å². The Morgan fingerprint density at radius 3 is 1.00 bits per heavy atom. The van der Waals surface area contributed by atoms with Crippen LogP contribution >= 0.6 is 0 Å². The van der Waals surface area contributed by atoms with Crippen LogP contribution in [0.4, 0.5) is 0 Å². The van der Waals surface area contributed by atoms with E-state index in [1.807, 2.05) is 13.8 Å². The minimum absolute atomic E-state index is 0.599. The molecular weight excluding hydrogens is 290 g/mol. The second kappa shape index (κ2) is 10.4. The molecule has 1 nitrogen and oxygen atoms in total. The van der Waals surface area contributed by atoms with Crippen molar-refractivity contribution in [3.8, 4) is 0 Å². The van der Waals surface area contributed by atoms with Gasteiger partial charge in [-0.05, 0) is 59.8 Å². The molecule has 1 rings (SSSR count). The topological polar surface area (TPSA) is 3.24 Å². The Bertz CT molecular complexity index is 395. The Labute approximate surface area is 153 Å². The molecule has 0 saturated heterocycles. The average Bonchev–Trinajstić information content (AvgIpc) is 2.66. The van der Waals surface area contributed by atoms with Crippen molar-refractivity contribution in [2.75, 3.05) is 13.1 Å². The van der Waals surface area contributed by atoms with Gasteiger partial charge in [-0.3, -0.25) is 4.90 Å². The van der Waals surface area contributed by atoms with E-state index in [4.69, 9.17) is 0 Å². The van der Waals surface area contributed by atoms with Crippen molar-refractivity contribution in [1.29, 1.82) is 0 Å². The molecule has 1 heteroatoms. The monoisotopic (exact) mass is 335 g/mol. The van der Waals surface area contributed by atoms with E-state index in [0.717, 1.165) is 13.1 Å². The predicted molar refractivity (Wildman–Crippen MR) is 111 cm³/mol. The van der Waals surface area contributed by atoms with Crippen LogP contribution in [0.2, 0.25) is 0 Å². The number of nitrogens with zero attached hydrogens (tertiary/aromatic N) is 1. The maximum atomic E-state index is 2.67. The largest absolute Gasteiger partial charge is 0.293 e. The van der Waals surface area contributed by atoms with E-state index < -0.39 is 0 Å². The molecule has 0 aromatic carbocycles. The van der Waals surface area contributed by atoms with Crippen molar-refractivity contribution < 1.29 is 0 Å². The molecule has 0 aromatic heterocycles. The standard InChI is InChI=1S/C21H39N.C2H6/c1-13(2)18-11-22(17(9)10)12-19(14(3)4)21(16(7)8)20(18)15(5)6;1-2/h13-17H,11-12H2,1-10H3;1-2H3. The summed E-state index contributed by atoms with van der Waals surface area (Å²) in [5.74, 6) is 2.46. The molecule has 24 heavy (non-hydrogen) atoms. The molecular formula is C23H45N. The van der Waals surface area contributed by atoms with Crippen molar-refractivity contribution in [3.05, 3.63) is 22.3 Å². The molecule has 0 fully saturated rings. The second-order valence-electron chi connectivity index (χ2n) is 8.50. The summed E-state index contributed by atoms with van der Waals surface area (Å²) in [6, 6.07) is 0.599. The van der Waals surface area contributed by atoms with Gasteiger partial charge in [-0.2, -0.15) is 0 Å². The normalized spacial score (nSPS) is 17.4. The van der Waals surface area contributed by atoms with Gasteiger partial charge in [0, 0.05) is 19.1 Å². The third-order valence-corrected chi connectivity index (χ3v) is 5.01. The predicted octanol–water partition coefficient (Wildman–Crippen LogP) is 6.95. The summed E-state index contributed by atoms with van der Waals surface area (Å²) in [4.78, 5) is 2.67. The highest BCUT2D eigenvalue weighted by Gasteiger charge is 2.29. The van der Waals surface area contributed by atoms with Crippen LogP contribution < -0.4 is 0 Å². The lowest BCUT2D eigenvalue weighted by Crippen LogP contribution is -2.35. The molecule has 0 atom stereocenters. The lowest BCUT2D eigenvalue weighted by atomic mass is 9.78. The first-order valence-electron chi connectivity index (χ1n) is 10.3. The molecule has 0 spiro atoms. The maximum Gasteiger partial charge on any atom is 0.0207 e. The van der Waals surface area contributed by atoms with E-state index in [2.05, 4.69) is 74.1 Å². The highest BCUT2D eigenvalue weighted by Crippen LogP contribution is 2.39. The number of allylic oxidation sites excluding steroid dienone is 2. The van der Waals surface area contributed by atoms with Crippen molar-refractivity contribution in [2.24, 2.45) is 23.7 Å². The molecule has 1 heterocycles. The first-order chi connectivity index (χ1) is 11.1. The number of hydrogen-bond acceptors (Lipinski definition) is 1. The van der Waals surface area contributed by atoms with E-state index in [-0.39, 0.29) is 0 Å². The van der Waals surface area contributed by atoms with Crippen LogP contribution in [-0.2, 0) is 0 Å². The molecule has 142 valence electrons. The maximum absolute atomic E-state index is 2.67. The smallest absolute Gasteiger partial charge is 0.0207 e. The van der Waals surface area contributed by atoms with Crippen LogP contribution in [0.25, 0.3) is 0 Å². The van der Waals surface area contributed by atoms with Gasteiger partial charge in [-0.1, -0.05) is 69.2 Å². The highest BCUT2D eigenvalue weighted by molar-refractivity contribution is 5.45. The summed E-state index contributed by atoms with van der Waals surface area (Å²) in [5.41, 5.74) is 6.67. The summed E-state index contributed by atoms with van der Waals surface area (Å²) >= 11 is 0. The summed E-state index contributed by atoms with van der Waals surface area (Å²) in [5, 5.41) is 0. The van der Waals surface area contributed by atoms with E-state index in [9.17, 15) is 0 Å². The lowest BCUT2D eigenvalue weighted by molar-refractivity contribution is 0.250. The molecule has 0 saturated carbocycles. The van der Waals surface area contributed by atoms with Gasteiger partial charge in [-0.15, -0.1) is 0 Å². The van der Waals surface area contributed by atoms with E-state index >= 15 is 0 Å². The molecule has 0 N–H and O–H groups in total. The molecule has 0 unspecified atom stereocenters.